The number of carbonyl (C=O) groups is 1. The van der Waals surface area contributed by atoms with Gasteiger partial charge < -0.3 is 16.5 Å². The van der Waals surface area contributed by atoms with E-state index in [1.54, 1.807) is 32.0 Å². The number of primary amides is 1. The number of anilines is 2. The number of nitrogens with zero attached hydrogens (tertiary/aromatic N) is 1. The van der Waals surface area contributed by atoms with Crippen molar-refractivity contribution in [2.24, 2.45) is 11.6 Å². The van der Waals surface area contributed by atoms with Gasteiger partial charge in [-0.2, -0.15) is 0 Å². The number of aromatic nitrogens is 1. The fraction of sp³-hybridized carbons (Fsp3) is 0.333. The van der Waals surface area contributed by atoms with Gasteiger partial charge in [-0.15, -0.1) is 0 Å². The quantitative estimate of drug-likeness (QED) is 0.414. The van der Waals surface area contributed by atoms with Crippen LogP contribution in [0.1, 0.15) is 13.8 Å². The lowest BCUT2D eigenvalue weighted by Gasteiger charge is -2.22. The lowest BCUT2D eigenvalue weighted by atomic mass is 10.1. The van der Waals surface area contributed by atoms with Crippen molar-refractivity contribution in [3.05, 3.63) is 18.2 Å². The van der Waals surface area contributed by atoms with Crippen LogP contribution in [0.15, 0.2) is 18.2 Å². The van der Waals surface area contributed by atoms with E-state index in [1.807, 2.05) is 0 Å². The molecule has 0 fully saturated rings. The molecule has 0 aliphatic carbocycles. The zero-order valence-electron chi connectivity index (χ0n) is 8.74. The number of nitrogen functional groups attached to an aromatic ring is 1. The molecule has 0 aromatic carbocycles. The van der Waals surface area contributed by atoms with Crippen molar-refractivity contribution in [3.63, 3.8) is 0 Å². The second-order valence-corrected chi connectivity index (χ2v) is 3.67. The first-order valence-electron chi connectivity index (χ1n) is 4.47. The molecule has 0 spiro atoms. The average Bonchev–Trinajstić information content (AvgIpc) is 2.17. The Labute approximate surface area is 88.0 Å². The largest absolute Gasteiger partial charge is 0.368 e. The molecule has 0 radical (unpaired) electrons. The highest BCUT2D eigenvalue weighted by Crippen LogP contribution is 2.14. The van der Waals surface area contributed by atoms with Gasteiger partial charge in [0, 0.05) is 0 Å². The zero-order valence-corrected chi connectivity index (χ0v) is 8.74. The normalized spacial score (nSPS) is 10.9. The van der Waals surface area contributed by atoms with E-state index in [1.165, 1.54) is 0 Å². The van der Waals surface area contributed by atoms with Crippen LogP contribution in [0.3, 0.4) is 0 Å². The van der Waals surface area contributed by atoms with Gasteiger partial charge in [0.1, 0.15) is 17.2 Å². The van der Waals surface area contributed by atoms with Crippen LogP contribution in [0.25, 0.3) is 0 Å². The number of hydrogen-bond acceptors (Lipinski definition) is 5. The number of hydrogen-bond donors (Lipinski definition) is 4. The number of amides is 1. The molecule has 6 nitrogen and oxygen atoms in total. The molecule has 1 aromatic rings. The lowest BCUT2D eigenvalue weighted by molar-refractivity contribution is -0.121. The first kappa shape index (κ1) is 11.3. The third-order valence-electron chi connectivity index (χ3n) is 1.95. The molecular formula is C9H15N5O. The first-order valence-corrected chi connectivity index (χ1v) is 4.47. The van der Waals surface area contributed by atoms with Gasteiger partial charge in [0.25, 0.3) is 0 Å². The maximum atomic E-state index is 11.1. The molecule has 6 heteroatoms. The highest BCUT2D eigenvalue weighted by Gasteiger charge is 2.24. The number of nitrogens with one attached hydrogen (secondary N) is 2. The fourth-order valence-electron chi connectivity index (χ4n) is 0.966. The van der Waals surface area contributed by atoms with Crippen LogP contribution in [-0.4, -0.2) is 16.4 Å². The molecule has 0 saturated carbocycles. The van der Waals surface area contributed by atoms with E-state index in [9.17, 15) is 4.79 Å². The molecule has 0 bridgehead atoms. The Morgan fingerprint density at radius 3 is 2.53 bits per heavy atom. The standard InChI is InChI=1S/C9H15N5O/c1-9(2,8(10)15)13-6-4-3-5-7(12-6)14-11/h3-5H,11H2,1-2H3,(H2,10,15)(H2,12,13,14). The predicted octanol–water partition coefficient (Wildman–Crippen LogP) is 0.0430. The van der Waals surface area contributed by atoms with Gasteiger partial charge in [-0.25, -0.2) is 10.8 Å². The van der Waals surface area contributed by atoms with Crippen LogP contribution < -0.4 is 22.3 Å². The summed E-state index contributed by atoms with van der Waals surface area (Å²) in [7, 11) is 0. The Hall–Kier alpha value is -1.82. The van der Waals surface area contributed by atoms with Crippen LogP contribution in [0.4, 0.5) is 11.6 Å². The van der Waals surface area contributed by atoms with Crippen molar-refractivity contribution in [1.82, 2.24) is 4.98 Å². The molecule has 15 heavy (non-hydrogen) atoms. The summed E-state index contributed by atoms with van der Waals surface area (Å²) in [6.07, 6.45) is 0. The number of carbonyl (C=O) groups excluding carboxylic acids is 1. The summed E-state index contributed by atoms with van der Waals surface area (Å²) in [5, 5.41) is 2.91. The molecule has 82 valence electrons. The number of rotatable bonds is 4. The van der Waals surface area contributed by atoms with E-state index in [4.69, 9.17) is 11.6 Å². The maximum Gasteiger partial charge on any atom is 0.242 e. The SMILES string of the molecule is CC(C)(Nc1cccc(NN)n1)C(N)=O. The van der Waals surface area contributed by atoms with Crippen molar-refractivity contribution in [2.75, 3.05) is 10.7 Å². The minimum Gasteiger partial charge on any atom is -0.368 e. The summed E-state index contributed by atoms with van der Waals surface area (Å²) < 4.78 is 0. The van der Waals surface area contributed by atoms with Crippen LogP contribution in [0.5, 0.6) is 0 Å². The Kier molecular flexibility index (Phi) is 3.11. The van der Waals surface area contributed by atoms with Gasteiger partial charge in [-0.05, 0) is 26.0 Å². The molecule has 1 amide bonds. The summed E-state index contributed by atoms with van der Waals surface area (Å²) in [6.45, 7) is 3.36. The number of nitrogens with two attached hydrogens (primary N) is 2. The highest BCUT2D eigenvalue weighted by atomic mass is 16.1. The summed E-state index contributed by atoms with van der Waals surface area (Å²) >= 11 is 0. The van der Waals surface area contributed by atoms with Crippen molar-refractivity contribution < 1.29 is 4.79 Å². The summed E-state index contributed by atoms with van der Waals surface area (Å²) in [6, 6.07) is 5.20. The second-order valence-electron chi connectivity index (χ2n) is 3.67. The van der Waals surface area contributed by atoms with Crippen molar-refractivity contribution in [3.8, 4) is 0 Å². The van der Waals surface area contributed by atoms with Gasteiger partial charge in [0.15, 0.2) is 0 Å². The van der Waals surface area contributed by atoms with Crippen LogP contribution >= 0.6 is 0 Å². The number of hydrazine groups is 1. The topological polar surface area (TPSA) is 106 Å². The van der Waals surface area contributed by atoms with E-state index in [-0.39, 0.29) is 0 Å². The minimum absolute atomic E-state index is 0.449. The van der Waals surface area contributed by atoms with Crippen molar-refractivity contribution >= 4 is 17.5 Å². The average molecular weight is 209 g/mol. The van der Waals surface area contributed by atoms with E-state index in [0.29, 0.717) is 11.6 Å². The Bertz CT molecular complexity index is 363. The first-order chi connectivity index (χ1) is 6.95. The van der Waals surface area contributed by atoms with E-state index >= 15 is 0 Å². The smallest absolute Gasteiger partial charge is 0.242 e. The molecule has 1 heterocycles. The van der Waals surface area contributed by atoms with Gasteiger partial charge in [0.2, 0.25) is 5.91 Å². The van der Waals surface area contributed by atoms with Crippen molar-refractivity contribution in [2.45, 2.75) is 19.4 Å². The molecule has 1 rings (SSSR count). The van der Waals surface area contributed by atoms with E-state index in [0.717, 1.165) is 0 Å². The summed E-state index contributed by atoms with van der Waals surface area (Å²) in [4.78, 5) is 15.2. The van der Waals surface area contributed by atoms with Gasteiger partial charge in [-0.1, -0.05) is 6.07 Å². The molecule has 0 aliphatic heterocycles. The summed E-state index contributed by atoms with van der Waals surface area (Å²) in [5.74, 6) is 5.81. The zero-order chi connectivity index (χ0) is 11.5. The summed E-state index contributed by atoms with van der Waals surface area (Å²) in [5.41, 5.74) is 6.79. The second kappa shape index (κ2) is 4.14. The number of pyridine rings is 1. The van der Waals surface area contributed by atoms with Gasteiger partial charge in [0.05, 0.1) is 0 Å². The molecule has 0 saturated heterocycles. The van der Waals surface area contributed by atoms with E-state index < -0.39 is 11.4 Å². The maximum absolute atomic E-state index is 11.1. The molecule has 6 N–H and O–H groups in total. The Morgan fingerprint density at radius 2 is 2.00 bits per heavy atom. The van der Waals surface area contributed by atoms with Gasteiger partial charge in [-0.3, -0.25) is 4.79 Å². The van der Waals surface area contributed by atoms with Gasteiger partial charge >= 0.3 is 0 Å². The predicted molar refractivity (Wildman–Crippen MR) is 58.9 cm³/mol. The third kappa shape index (κ3) is 2.81. The molecular weight excluding hydrogens is 194 g/mol. The fourth-order valence-corrected chi connectivity index (χ4v) is 0.966. The highest BCUT2D eigenvalue weighted by molar-refractivity contribution is 5.86. The third-order valence-corrected chi connectivity index (χ3v) is 1.95. The molecule has 1 aromatic heterocycles. The molecule has 0 aliphatic rings. The molecule has 0 unspecified atom stereocenters. The minimum atomic E-state index is -0.847. The Balaban J connectivity index is 2.85. The van der Waals surface area contributed by atoms with Crippen molar-refractivity contribution in [1.29, 1.82) is 0 Å². The molecule has 0 atom stereocenters. The van der Waals surface area contributed by atoms with Crippen LogP contribution in [0, 0.1) is 0 Å². The van der Waals surface area contributed by atoms with Crippen LogP contribution in [-0.2, 0) is 4.79 Å². The van der Waals surface area contributed by atoms with Crippen LogP contribution in [0.2, 0.25) is 0 Å². The lowest BCUT2D eigenvalue weighted by Crippen LogP contribution is -2.45. The monoisotopic (exact) mass is 209 g/mol. The Morgan fingerprint density at radius 1 is 1.40 bits per heavy atom. The van der Waals surface area contributed by atoms with E-state index in [2.05, 4.69) is 15.7 Å².